The molecular formula is C26H27FN4O4. The number of ether oxygens (including phenoxy) is 2. The second-order valence-electron chi connectivity index (χ2n) is 9.97. The van der Waals surface area contributed by atoms with E-state index in [-0.39, 0.29) is 17.6 Å². The van der Waals surface area contributed by atoms with Crippen LogP contribution in [0, 0.1) is 11.2 Å². The van der Waals surface area contributed by atoms with Gasteiger partial charge in [0.05, 0.1) is 29.8 Å². The molecule has 0 amide bonds. The summed E-state index contributed by atoms with van der Waals surface area (Å²) in [6.45, 7) is 3.13. The van der Waals surface area contributed by atoms with Crippen molar-refractivity contribution in [1.29, 1.82) is 0 Å². The van der Waals surface area contributed by atoms with Crippen molar-refractivity contribution in [3.63, 3.8) is 0 Å². The topological polar surface area (TPSA) is 102 Å². The summed E-state index contributed by atoms with van der Waals surface area (Å²) in [7, 11) is 1.46. The van der Waals surface area contributed by atoms with Crippen LogP contribution in [0.1, 0.15) is 55.7 Å². The van der Waals surface area contributed by atoms with E-state index in [9.17, 15) is 14.3 Å². The highest BCUT2D eigenvalue weighted by Crippen LogP contribution is 2.55. The number of rotatable bonds is 5. The molecule has 2 fully saturated rings. The van der Waals surface area contributed by atoms with Crippen LogP contribution >= 0.6 is 0 Å². The molecule has 0 radical (unpaired) electrons. The van der Waals surface area contributed by atoms with Gasteiger partial charge in [0.25, 0.3) is 0 Å². The summed E-state index contributed by atoms with van der Waals surface area (Å²) in [6, 6.07) is 6.94. The van der Waals surface area contributed by atoms with E-state index in [0.29, 0.717) is 31.7 Å². The SMILES string of the molecule is COc1cc(-n2c(C3CCOCC3)c([C@H]3C[C@](C)(C(=O)O)C3)c3nc4[nH]ncc4cc32)ccc1F. The molecule has 9 heteroatoms. The summed E-state index contributed by atoms with van der Waals surface area (Å²) < 4.78 is 27.5. The van der Waals surface area contributed by atoms with Gasteiger partial charge in [-0.25, -0.2) is 9.37 Å². The van der Waals surface area contributed by atoms with Crippen LogP contribution in [0.2, 0.25) is 0 Å². The van der Waals surface area contributed by atoms with Crippen LogP contribution in [-0.2, 0) is 9.53 Å². The minimum Gasteiger partial charge on any atom is -0.494 e. The number of carboxylic acid groups (broad SMARTS) is 1. The normalized spacial score (nSPS) is 23.0. The average Bonchev–Trinajstić information content (AvgIpc) is 3.43. The second-order valence-corrected chi connectivity index (χ2v) is 9.97. The van der Waals surface area contributed by atoms with Gasteiger partial charge in [-0.3, -0.25) is 9.89 Å². The molecule has 3 aromatic heterocycles. The number of H-pyrrole nitrogens is 1. The zero-order valence-corrected chi connectivity index (χ0v) is 19.7. The molecule has 0 unspecified atom stereocenters. The minimum atomic E-state index is -0.766. The van der Waals surface area contributed by atoms with Gasteiger partial charge in [0.2, 0.25) is 0 Å². The Balaban J connectivity index is 1.65. The lowest BCUT2D eigenvalue weighted by molar-refractivity contribution is -0.154. The molecule has 2 N–H and O–H groups in total. The maximum Gasteiger partial charge on any atom is 0.309 e. The van der Waals surface area contributed by atoms with Crippen molar-refractivity contribution in [2.75, 3.05) is 20.3 Å². The highest BCUT2D eigenvalue weighted by atomic mass is 19.1. The first-order valence-electron chi connectivity index (χ1n) is 11.9. The van der Waals surface area contributed by atoms with Crippen LogP contribution in [0.3, 0.4) is 0 Å². The Morgan fingerprint density at radius 1 is 1.26 bits per heavy atom. The van der Waals surface area contributed by atoms with Crippen molar-refractivity contribution in [3.05, 3.63) is 47.5 Å². The number of aliphatic carboxylic acids is 1. The number of fused-ring (bicyclic) bond motifs is 2. The molecule has 1 saturated heterocycles. The third-order valence-electron chi connectivity index (χ3n) is 7.74. The molecule has 2 aliphatic rings. The number of carbonyl (C=O) groups is 1. The largest absolute Gasteiger partial charge is 0.494 e. The molecule has 1 aliphatic carbocycles. The fourth-order valence-electron chi connectivity index (χ4n) is 5.86. The molecular weight excluding hydrogens is 451 g/mol. The van der Waals surface area contributed by atoms with Crippen molar-refractivity contribution < 1.29 is 23.8 Å². The third-order valence-corrected chi connectivity index (χ3v) is 7.74. The molecule has 4 heterocycles. The monoisotopic (exact) mass is 478 g/mol. The molecule has 0 spiro atoms. The molecule has 182 valence electrons. The predicted octanol–water partition coefficient (Wildman–Crippen LogP) is 4.91. The Kier molecular flexibility index (Phi) is 5.07. The molecule has 1 aliphatic heterocycles. The number of nitrogens with zero attached hydrogens (tertiary/aromatic N) is 3. The minimum absolute atomic E-state index is 0.0629. The molecule has 0 bridgehead atoms. The van der Waals surface area contributed by atoms with Gasteiger partial charge in [-0.05, 0) is 56.7 Å². The summed E-state index contributed by atoms with van der Waals surface area (Å²) >= 11 is 0. The van der Waals surface area contributed by atoms with Crippen LogP contribution < -0.4 is 4.74 Å². The van der Waals surface area contributed by atoms with Gasteiger partial charge in [0, 0.05) is 47.5 Å². The molecule has 1 saturated carbocycles. The maximum atomic E-state index is 14.3. The summed E-state index contributed by atoms with van der Waals surface area (Å²) in [5.41, 5.74) is 4.66. The number of halogens is 1. The van der Waals surface area contributed by atoms with E-state index in [2.05, 4.69) is 20.8 Å². The van der Waals surface area contributed by atoms with E-state index >= 15 is 0 Å². The standard InChI is InChI=1S/C26H27FN4O4/c1-26(25(32)33)11-16(12-26)21-22-19(9-15-13-28-30-24(15)29-22)31(23(21)14-5-7-35-8-6-14)17-3-4-18(27)20(10-17)34-2/h3-4,9-10,13-14,16H,5-8,11-12H2,1-2H3,(H,32,33)(H,28,29,30)/t16-,26-. The number of methoxy groups -OCH3 is 1. The molecule has 6 rings (SSSR count). The van der Waals surface area contributed by atoms with E-state index in [4.69, 9.17) is 14.5 Å². The van der Waals surface area contributed by atoms with Crippen LogP contribution in [0.15, 0.2) is 30.5 Å². The highest BCUT2D eigenvalue weighted by Gasteiger charge is 2.49. The van der Waals surface area contributed by atoms with Crippen molar-refractivity contribution >= 4 is 28.0 Å². The molecule has 8 nitrogen and oxygen atoms in total. The first-order valence-corrected chi connectivity index (χ1v) is 11.9. The number of pyridine rings is 1. The van der Waals surface area contributed by atoms with E-state index in [1.165, 1.54) is 13.2 Å². The maximum absolute atomic E-state index is 14.3. The average molecular weight is 479 g/mol. The van der Waals surface area contributed by atoms with E-state index in [1.807, 2.05) is 6.92 Å². The summed E-state index contributed by atoms with van der Waals surface area (Å²) in [5, 5.41) is 17.8. The lowest BCUT2D eigenvalue weighted by Gasteiger charge is -2.42. The zero-order valence-electron chi connectivity index (χ0n) is 19.7. The quantitative estimate of drug-likeness (QED) is 0.423. The summed E-state index contributed by atoms with van der Waals surface area (Å²) in [5.74, 6) is -0.752. The first-order chi connectivity index (χ1) is 16.9. The molecule has 4 aromatic rings. The van der Waals surface area contributed by atoms with Crippen LogP contribution in [0.5, 0.6) is 5.75 Å². The summed E-state index contributed by atoms with van der Waals surface area (Å²) in [6.07, 6.45) is 4.54. The molecule has 1 aromatic carbocycles. The van der Waals surface area contributed by atoms with Gasteiger partial charge < -0.3 is 19.1 Å². The lowest BCUT2D eigenvalue weighted by atomic mass is 9.60. The highest BCUT2D eigenvalue weighted by molar-refractivity contribution is 5.94. The van der Waals surface area contributed by atoms with Gasteiger partial charge in [-0.2, -0.15) is 5.10 Å². The Bertz CT molecular complexity index is 1450. The van der Waals surface area contributed by atoms with E-state index in [1.54, 1.807) is 18.3 Å². The predicted molar refractivity (Wildman–Crippen MR) is 128 cm³/mol. The molecule has 0 atom stereocenters. The fraction of sp³-hybridized carbons (Fsp3) is 0.423. The molecule has 35 heavy (non-hydrogen) atoms. The third kappa shape index (κ3) is 3.40. The van der Waals surface area contributed by atoms with Crippen molar-refractivity contribution in [3.8, 4) is 11.4 Å². The van der Waals surface area contributed by atoms with Gasteiger partial charge in [0.15, 0.2) is 17.2 Å². The Morgan fingerprint density at radius 2 is 2.03 bits per heavy atom. The zero-order chi connectivity index (χ0) is 24.3. The number of hydrogen-bond donors (Lipinski definition) is 2. The lowest BCUT2D eigenvalue weighted by Crippen LogP contribution is -2.40. The smallest absolute Gasteiger partial charge is 0.309 e. The van der Waals surface area contributed by atoms with Crippen LogP contribution in [0.4, 0.5) is 4.39 Å². The van der Waals surface area contributed by atoms with Crippen molar-refractivity contribution in [1.82, 2.24) is 19.7 Å². The van der Waals surface area contributed by atoms with Gasteiger partial charge in [-0.15, -0.1) is 0 Å². The number of aromatic amines is 1. The number of nitrogens with one attached hydrogen (secondary N) is 1. The van der Waals surface area contributed by atoms with Gasteiger partial charge in [0.1, 0.15) is 0 Å². The summed E-state index contributed by atoms with van der Waals surface area (Å²) in [4.78, 5) is 16.9. The number of carboxylic acids is 1. The van der Waals surface area contributed by atoms with Crippen LogP contribution in [-0.4, -0.2) is 51.1 Å². The van der Waals surface area contributed by atoms with Gasteiger partial charge in [-0.1, -0.05) is 0 Å². The first kappa shape index (κ1) is 22.0. The van der Waals surface area contributed by atoms with Crippen molar-refractivity contribution in [2.24, 2.45) is 5.41 Å². The van der Waals surface area contributed by atoms with E-state index in [0.717, 1.165) is 46.2 Å². The van der Waals surface area contributed by atoms with E-state index < -0.39 is 17.2 Å². The van der Waals surface area contributed by atoms with Crippen molar-refractivity contribution in [2.45, 2.75) is 44.4 Å². The Hall–Kier alpha value is -3.46. The number of aromatic nitrogens is 4. The Morgan fingerprint density at radius 3 is 2.74 bits per heavy atom. The number of benzene rings is 1. The second kappa shape index (κ2) is 8.05. The fourth-order valence-corrected chi connectivity index (χ4v) is 5.86. The van der Waals surface area contributed by atoms with Crippen LogP contribution in [0.25, 0.3) is 27.8 Å². The van der Waals surface area contributed by atoms with Gasteiger partial charge >= 0.3 is 5.97 Å². The Labute approximate surface area is 201 Å². The number of hydrogen-bond acceptors (Lipinski definition) is 5.